The van der Waals surface area contributed by atoms with E-state index in [0.717, 1.165) is 32.1 Å². The van der Waals surface area contributed by atoms with Gasteiger partial charge < -0.3 is 19.7 Å². The molecule has 2 saturated heterocycles. The van der Waals surface area contributed by atoms with Crippen LogP contribution in [0.1, 0.15) is 52.9 Å². The highest BCUT2D eigenvalue weighted by molar-refractivity contribution is 5.67. The summed E-state index contributed by atoms with van der Waals surface area (Å²) in [6.07, 6.45) is 9.12. The summed E-state index contributed by atoms with van der Waals surface area (Å²) in [5.74, 6) is -0.557. The van der Waals surface area contributed by atoms with Crippen LogP contribution in [0.15, 0.2) is 12.2 Å². The third-order valence-corrected chi connectivity index (χ3v) is 5.51. The van der Waals surface area contributed by atoms with Crippen LogP contribution in [0.2, 0.25) is 0 Å². The minimum absolute atomic E-state index is 0.139. The fourth-order valence-electron chi connectivity index (χ4n) is 3.85. The van der Waals surface area contributed by atoms with E-state index >= 15 is 0 Å². The third kappa shape index (κ3) is 4.80. The lowest BCUT2D eigenvalue weighted by Crippen LogP contribution is -2.32. The van der Waals surface area contributed by atoms with E-state index in [4.69, 9.17) is 14.6 Å². The maximum absolute atomic E-state index is 10.6. The number of ether oxygens (including phenoxy) is 2. The molecule has 0 aliphatic carbocycles. The van der Waals surface area contributed by atoms with Crippen molar-refractivity contribution >= 4 is 5.97 Å². The summed E-state index contributed by atoms with van der Waals surface area (Å²) in [5, 5.41) is 19.3. The number of aliphatic hydroxyl groups excluding tert-OH is 1. The molecule has 2 heterocycles. The Hall–Kier alpha value is -0.910. The minimum atomic E-state index is -0.945. The molecule has 5 atom stereocenters. The van der Waals surface area contributed by atoms with Gasteiger partial charge in [0.25, 0.3) is 0 Å². The standard InChI is InChI=1S/C19H32O5/c1-4-5-10-19(2,3)17(20)9-6-13-14(11-23-12-18(21)22)16-8-7-15(13)24-16/h6,9,13-17,20H,4-5,7-8,10-12H2,1-3H3,(H,21,22)/t13-,14+,15-,16+,17?/m1/s1. The second-order valence-electron chi connectivity index (χ2n) is 7.86. The molecule has 2 rings (SSSR count). The van der Waals surface area contributed by atoms with Crippen molar-refractivity contribution in [3.05, 3.63) is 12.2 Å². The van der Waals surface area contributed by atoms with Crippen LogP contribution in [-0.2, 0) is 14.3 Å². The first-order chi connectivity index (χ1) is 11.3. The summed E-state index contributed by atoms with van der Waals surface area (Å²) >= 11 is 0. The van der Waals surface area contributed by atoms with Gasteiger partial charge in [-0.05, 0) is 24.7 Å². The highest BCUT2D eigenvalue weighted by Gasteiger charge is 2.47. The topological polar surface area (TPSA) is 76.0 Å². The summed E-state index contributed by atoms with van der Waals surface area (Å²) in [6, 6.07) is 0. The number of fused-ring (bicyclic) bond motifs is 2. The van der Waals surface area contributed by atoms with E-state index in [1.807, 2.05) is 6.08 Å². The van der Waals surface area contributed by atoms with E-state index in [0.29, 0.717) is 6.61 Å². The Kier molecular flexibility index (Phi) is 6.84. The van der Waals surface area contributed by atoms with Crippen LogP contribution in [0, 0.1) is 17.3 Å². The van der Waals surface area contributed by atoms with Crippen LogP contribution < -0.4 is 0 Å². The predicted molar refractivity (Wildman–Crippen MR) is 91.8 cm³/mol. The Morgan fingerprint density at radius 1 is 1.38 bits per heavy atom. The van der Waals surface area contributed by atoms with E-state index in [9.17, 15) is 9.90 Å². The molecule has 2 fully saturated rings. The monoisotopic (exact) mass is 340 g/mol. The Bertz CT molecular complexity index is 445. The van der Waals surface area contributed by atoms with Gasteiger partial charge in [-0.3, -0.25) is 0 Å². The molecule has 0 aromatic carbocycles. The molecular formula is C19H32O5. The van der Waals surface area contributed by atoms with Crippen LogP contribution in [-0.4, -0.2) is 47.7 Å². The first-order valence-corrected chi connectivity index (χ1v) is 9.16. The SMILES string of the molecule is CCCCC(C)(C)C(O)C=C[C@@H]1[C@H](COCC(=O)O)[C@@H]2CC[C@H]1O2. The Labute approximate surface area is 145 Å². The van der Waals surface area contributed by atoms with E-state index in [1.165, 1.54) is 0 Å². The first-order valence-electron chi connectivity index (χ1n) is 9.16. The van der Waals surface area contributed by atoms with Crippen LogP contribution >= 0.6 is 0 Å². The normalized spacial score (nSPS) is 31.0. The maximum Gasteiger partial charge on any atom is 0.329 e. The highest BCUT2D eigenvalue weighted by Crippen LogP contribution is 2.44. The maximum atomic E-state index is 10.6. The zero-order valence-electron chi connectivity index (χ0n) is 15.1. The van der Waals surface area contributed by atoms with Crippen molar-refractivity contribution in [2.45, 2.75) is 71.2 Å². The number of hydrogen-bond acceptors (Lipinski definition) is 4. The molecule has 1 unspecified atom stereocenters. The zero-order chi connectivity index (χ0) is 17.7. The van der Waals surface area contributed by atoms with E-state index in [-0.39, 0.29) is 36.1 Å². The molecule has 2 bridgehead atoms. The van der Waals surface area contributed by atoms with Gasteiger partial charge in [0.1, 0.15) is 6.61 Å². The molecule has 5 heteroatoms. The van der Waals surface area contributed by atoms with Gasteiger partial charge in [0, 0.05) is 11.8 Å². The van der Waals surface area contributed by atoms with Crippen molar-refractivity contribution in [1.82, 2.24) is 0 Å². The summed E-state index contributed by atoms with van der Waals surface area (Å²) in [5.41, 5.74) is -0.139. The summed E-state index contributed by atoms with van der Waals surface area (Å²) < 4.78 is 11.3. The molecule has 0 aromatic rings. The molecule has 0 spiro atoms. The van der Waals surface area contributed by atoms with Crippen molar-refractivity contribution in [3.8, 4) is 0 Å². The van der Waals surface area contributed by atoms with Crippen LogP contribution in [0.4, 0.5) is 0 Å². The second-order valence-corrected chi connectivity index (χ2v) is 7.86. The largest absolute Gasteiger partial charge is 0.480 e. The van der Waals surface area contributed by atoms with Gasteiger partial charge in [0.05, 0.1) is 24.9 Å². The first kappa shape index (κ1) is 19.4. The van der Waals surface area contributed by atoms with Gasteiger partial charge in [-0.15, -0.1) is 0 Å². The summed E-state index contributed by atoms with van der Waals surface area (Å²) in [7, 11) is 0. The predicted octanol–water partition coefficient (Wildman–Crippen LogP) is 3.01. The number of hydrogen-bond donors (Lipinski definition) is 2. The fraction of sp³-hybridized carbons (Fsp3) is 0.842. The Balaban J connectivity index is 1.94. The molecule has 2 aliphatic heterocycles. The van der Waals surface area contributed by atoms with Gasteiger partial charge in [-0.1, -0.05) is 45.8 Å². The number of rotatable bonds is 10. The smallest absolute Gasteiger partial charge is 0.329 e. The minimum Gasteiger partial charge on any atom is -0.480 e. The zero-order valence-corrected chi connectivity index (χ0v) is 15.1. The summed E-state index contributed by atoms with van der Waals surface area (Å²) in [4.78, 5) is 10.6. The lowest BCUT2D eigenvalue weighted by molar-refractivity contribution is -0.143. The molecule has 138 valence electrons. The van der Waals surface area contributed by atoms with Crippen LogP contribution in [0.25, 0.3) is 0 Å². The number of carboxylic acid groups (broad SMARTS) is 1. The lowest BCUT2D eigenvalue weighted by atomic mass is 9.77. The Morgan fingerprint density at radius 3 is 2.75 bits per heavy atom. The number of aliphatic hydroxyl groups is 1. The second kappa shape index (κ2) is 8.45. The number of carboxylic acids is 1. The van der Waals surface area contributed by atoms with Gasteiger partial charge >= 0.3 is 5.97 Å². The van der Waals surface area contributed by atoms with Crippen LogP contribution in [0.3, 0.4) is 0 Å². The van der Waals surface area contributed by atoms with Crippen molar-refractivity contribution in [1.29, 1.82) is 0 Å². The van der Waals surface area contributed by atoms with Gasteiger partial charge in [-0.2, -0.15) is 0 Å². The molecule has 2 aliphatic rings. The third-order valence-electron chi connectivity index (χ3n) is 5.51. The number of unbranched alkanes of at least 4 members (excludes halogenated alkanes) is 1. The van der Waals surface area contributed by atoms with E-state index < -0.39 is 12.1 Å². The van der Waals surface area contributed by atoms with Crippen molar-refractivity contribution < 1.29 is 24.5 Å². The Morgan fingerprint density at radius 2 is 2.08 bits per heavy atom. The van der Waals surface area contributed by atoms with Crippen molar-refractivity contribution in [2.75, 3.05) is 13.2 Å². The quantitative estimate of drug-likeness (QED) is 0.598. The van der Waals surface area contributed by atoms with Gasteiger partial charge in [-0.25, -0.2) is 4.79 Å². The average molecular weight is 340 g/mol. The average Bonchev–Trinajstić information content (AvgIpc) is 3.12. The van der Waals surface area contributed by atoms with Crippen molar-refractivity contribution in [3.63, 3.8) is 0 Å². The van der Waals surface area contributed by atoms with Gasteiger partial charge in [0.2, 0.25) is 0 Å². The molecular weight excluding hydrogens is 308 g/mol. The van der Waals surface area contributed by atoms with Gasteiger partial charge in [0.15, 0.2) is 0 Å². The lowest BCUT2D eigenvalue weighted by Gasteiger charge is -2.30. The van der Waals surface area contributed by atoms with Crippen LogP contribution in [0.5, 0.6) is 0 Å². The fourth-order valence-corrected chi connectivity index (χ4v) is 3.85. The molecule has 0 radical (unpaired) electrons. The molecule has 0 amide bonds. The molecule has 2 N–H and O–H groups in total. The molecule has 0 saturated carbocycles. The highest BCUT2D eigenvalue weighted by atomic mass is 16.5. The molecule has 5 nitrogen and oxygen atoms in total. The van der Waals surface area contributed by atoms with E-state index in [2.05, 4.69) is 26.8 Å². The number of aliphatic carboxylic acids is 1. The van der Waals surface area contributed by atoms with E-state index in [1.54, 1.807) is 0 Å². The number of carbonyl (C=O) groups is 1. The summed E-state index contributed by atoms with van der Waals surface area (Å²) in [6.45, 7) is 6.49. The van der Waals surface area contributed by atoms with Crippen molar-refractivity contribution in [2.24, 2.45) is 17.3 Å². The molecule has 24 heavy (non-hydrogen) atoms. The molecule has 0 aromatic heterocycles.